The number of aromatic nitrogens is 4. The van der Waals surface area contributed by atoms with Crippen LogP contribution in [0.25, 0.3) is 15.9 Å². The third-order valence-electron chi connectivity index (χ3n) is 5.84. The SMILES string of the molecule is CC(c1nc2ccc(C3=C[I-]C=NN3C)cc2s1)C(O)(Cn1cncn1)c1ccc(F)cc1F. The fourth-order valence-corrected chi connectivity index (χ4v) is 6.84. The van der Waals surface area contributed by atoms with Crippen LogP contribution in [0.2, 0.25) is 0 Å². The third-order valence-corrected chi connectivity index (χ3v) is 8.56. The van der Waals surface area contributed by atoms with Gasteiger partial charge in [-0.05, 0) is 0 Å². The van der Waals surface area contributed by atoms with Gasteiger partial charge in [0.2, 0.25) is 0 Å². The first-order valence-corrected chi connectivity index (χ1v) is 13.7. The van der Waals surface area contributed by atoms with E-state index in [1.54, 1.807) is 6.92 Å². The number of rotatable bonds is 6. The van der Waals surface area contributed by atoms with Gasteiger partial charge in [-0.3, -0.25) is 0 Å². The van der Waals surface area contributed by atoms with Crippen LogP contribution in [0, 0.1) is 11.6 Å². The first-order valence-electron chi connectivity index (χ1n) is 10.3. The quantitative estimate of drug-likeness (QED) is 0.340. The molecule has 4 aromatic rings. The van der Waals surface area contributed by atoms with Gasteiger partial charge in [0.15, 0.2) is 0 Å². The number of thiazole rings is 1. The molecule has 2 aromatic carbocycles. The molecule has 0 bridgehead atoms. The Hall–Kier alpha value is -2.77. The summed E-state index contributed by atoms with van der Waals surface area (Å²) in [6.07, 6.45) is 2.79. The summed E-state index contributed by atoms with van der Waals surface area (Å²) >= 11 is 1.23. The number of hydrazone groups is 1. The summed E-state index contributed by atoms with van der Waals surface area (Å²) in [5.41, 5.74) is 1.12. The van der Waals surface area contributed by atoms with Crippen molar-refractivity contribution in [3.8, 4) is 0 Å². The van der Waals surface area contributed by atoms with Gasteiger partial charge >= 0.3 is 188 Å². The molecule has 0 amide bonds. The Morgan fingerprint density at radius 3 is 2.79 bits per heavy atom. The van der Waals surface area contributed by atoms with Crippen molar-refractivity contribution in [2.45, 2.75) is 25.0 Å². The van der Waals surface area contributed by atoms with Crippen LogP contribution in [0.1, 0.15) is 29.0 Å². The number of halogens is 3. The molecule has 0 saturated carbocycles. The Balaban J connectivity index is 1.56. The molecule has 2 atom stereocenters. The van der Waals surface area contributed by atoms with E-state index >= 15 is 0 Å². The van der Waals surface area contributed by atoms with Crippen molar-refractivity contribution in [1.82, 2.24) is 24.8 Å². The van der Waals surface area contributed by atoms with E-state index < -0.39 is 23.2 Å². The van der Waals surface area contributed by atoms with Crippen molar-refractivity contribution >= 4 is 31.5 Å². The summed E-state index contributed by atoms with van der Waals surface area (Å²) < 4.78 is 35.0. The van der Waals surface area contributed by atoms with Crippen molar-refractivity contribution in [3.05, 3.63) is 80.9 Å². The Kier molecular flexibility index (Phi) is 6.16. The van der Waals surface area contributed by atoms with Gasteiger partial charge in [0.25, 0.3) is 0 Å². The first-order chi connectivity index (χ1) is 16.3. The molecule has 0 saturated heterocycles. The van der Waals surface area contributed by atoms with E-state index in [4.69, 9.17) is 4.98 Å². The van der Waals surface area contributed by atoms with Gasteiger partial charge in [-0.1, -0.05) is 0 Å². The predicted molar refractivity (Wildman–Crippen MR) is 123 cm³/mol. The summed E-state index contributed by atoms with van der Waals surface area (Å²) in [5.74, 6) is -2.16. The van der Waals surface area contributed by atoms with Crippen LogP contribution in [-0.4, -0.2) is 41.1 Å². The van der Waals surface area contributed by atoms with Gasteiger partial charge in [-0.25, -0.2) is 9.37 Å². The molecule has 176 valence electrons. The minimum absolute atomic E-state index is 0.0207. The zero-order valence-corrected chi connectivity index (χ0v) is 21.2. The van der Waals surface area contributed by atoms with E-state index in [2.05, 4.69) is 25.3 Å². The van der Waals surface area contributed by atoms with Gasteiger partial charge in [0.1, 0.15) is 12.1 Å². The summed E-state index contributed by atoms with van der Waals surface area (Å²) in [6.45, 7) is 1.71. The average Bonchev–Trinajstić information content (AvgIpc) is 3.47. The summed E-state index contributed by atoms with van der Waals surface area (Å²) in [6, 6.07) is 9.20. The van der Waals surface area contributed by atoms with Crippen molar-refractivity contribution in [3.63, 3.8) is 0 Å². The number of hydrogen-bond acceptors (Lipinski definition) is 7. The van der Waals surface area contributed by atoms with E-state index in [9.17, 15) is 13.9 Å². The molecule has 0 spiro atoms. The fraction of sp³-hybridized carbons (Fsp3) is 0.217. The Bertz CT molecular complexity index is 1410. The monoisotopic (exact) mass is 593 g/mol. The molecule has 11 heteroatoms. The Morgan fingerprint density at radius 1 is 1.21 bits per heavy atom. The molecule has 0 fully saturated rings. The third kappa shape index (κ3) is 4.23. The summed E-state index contributed by atoms with van der Waals surface area (Å²) in [4.78, 5) is 8.67. The Morgan fingerprint density at radius 2 is 2.06 bits per heavy atom. The van der Waals surface area contributed by atoms with Crippen LogP contribution in [0.5, 0.6) is 0 Å². The second-order valence-electron chi connectivity index (χ2n) is 7.95. The topological polar surface area (TPSA) is 79.4 Å². The molecule has 0 radical (unpaired) electrons. The molecule has 3 heterocycles. The van der Waals surface area contributed by atoms with E-state index in [0.29, 0.717) is 5.01 Å². The van der Waals surface area contributed by atoms with E-state index in [0.717, 1.165) is 33.6 Å². The summed E-state index contributed by atoms with van der Waals surface area (Å²) in [7, 11) is 1.91. The maximum absolute atomic E-state index is 14.9. The van der Waals surface area contributed by atoms with Crippen LogP contribution < -0.4 is 21.2 Å². The molecule has 2 unspecified atom stereocenters. The number of nitrogens with zero attached hydrogens (tertiary/aromatic N) is 6. The van der Waals surface area contributed by atoms with Gasteiger partial charge in [0, 0.05) is 0 Å². The molecular weight excluding hydrogens is 573 g/mol. The molecule has 34 heavy (non-hydrogen) atoms. The zero-order chi connectivity index (χ0) is 23.9. The predicted octanol–water partition coefficient (Wildman–Crippen LogP) is 1.13. The minimum atomic E-state index is -1.74. The standard InChI is InChI=1S/C23H20F2IN6OS/c1-14(23(33,10-32-13-27-12-29-32)17-5-4-16(24)8-18(17)25)22-30-19-6-3-15(7-21(19)34-22)20-9-26-11-28-31(20)2/h3-9,11-14,33H,10H2,1-2H3/q-1. The van der Waals surface area contributed by atoms with Gasteiger partial charge in [-0.15, -0.1) is 0 Å². The molecule has 2 aromatic heterocycles. The van der Waals surface area contributed by atoms with Crippen LogP contribution in [0.3, 0.4) is 0 Å². The second-order valence-corrected chi connectivity index (χ2v) is 10.9. The second kappa shape index (κ2) is 9.12. The van der Waals surface area contributed by atoms with Crippen molar-refractivity contribution in [1.29, 1.82) is 0 Å². The molecule has 1 aliphatic rings. The normalized spacial score (nSPS) is 16.7. The Labute approximate surface area is 208 Å². The first kappa shape index (κ1) is 23.0. The number of aliphatic hydroxyl groups is 1. The fourth-order valence-electron chi connectivity index (χ4n) is 3.91. The molecule has 7 nitrogen and oxygen atoms in total. The van der Waals surface area contributed by atoms with E-state index in [-0.39, 0.29) is 33.3 Å². The summed E-state index contributed by atoms with van der Waals surface area (Å²) in [5, 5.41) is 22.8. The van der Waals surface area contributed by atoms with Gasteiger partial charge in [-0.2, -0.15) is 0 Å². The maximum atomic E-state index is 14.9. The zero-order valence-electron chi connectivity index (χ0n) is 18.2. The van der Waals surface area contributed by atoms with Crippen LogP contribution >= 0.6 is 11.3 Å². The number of fused-ring (bicyclic) bond motifs is 1. The molecule has 5 rings (SSSR count). The van der Waals surface area contributed by atoms with Crippen molar-refractivity contribution < 1.29 is 35.1 Å². The van der Waals surface area contributed by atoms with Gasteiger partial charge in [0.05, 0.1) is 0 Å². The molecule has 0 aliphatic carbocycles. The van der Waals surface area contributed by atoms with Crippen LogP contribution in [0.4, 0.5) is 8.78 Å². The van der Waals surface area contributed by atoms with Crippen molar-refractivity contribution in [2.75, 3.05) is 7.05 Å². The molecular formula is C23H20F2IN6OS-. The number of hydrogen-bond donors (Lipinski definition) is 1. The average molecular weight is 593 g/mol. The molecule has 1 aliphatic heterocycles. The van der Waals surface area contributed by atoms with Crippen LogP contribution in [0.15, 0.2) is 58.2 Å². The van der Waals surface area contributed by atoms with Crippen molar-refractivity contribution in [2.24, 2.45) is 5.10 Å². The van der Waals surface area contributed by atoms with Crippen LogP contribution in [-0.2, 0) is 12.1 Å². The van der Waals surface area contributed by atoms with Gasteiger partial charge < -0.3 is 0 Å². The number of benzene rings is 2. The molecule has 1 N–H and O–H groups in total. The van der Waals surface area contributed by atoms with E-state index in [1.165, 1.54) is 34.7 Å². The van der Waals surface area contributed by atoms with E-state index in [1.807, 2.05) is 28.4 Å².